The van der Waals surface area contributed by atoms with Gasteiger partial charge in [-0.15, -0.1) is 0 Å². The van der Waals surface area contributed by atoms with Gasteiger partial charge in [0.15, 0.2) is 0 Å². The van der Waals surface area contributed by atoms with Gasteiger partial charge < -0.3 is 10.5 Å². The molecule has 66 valence electrons. The molecule has 0 radical (unpaired) electrons. The van der Waals surface area contributed by atoms with Gasteiger partial charge in [-0.3, -0.25) is 0 Å². The first-order valence-corrected chi connectivity index (χ1v) is 4.27. The molecule has 0 fully saturated rings. The maximum absolute atomic E-state index is 5.49. The number of hydrogen-bond donors (Lipinski definition) is 1. The smallest absolute Gasteiger partial charge is 0.119 e. The second-order valence-corrected chi connectivity index (χ2v) is 3.06. The molecule has 1 aromatic rings. The fourth-order valence-corrected chi connectivity index (χ4v) is 1.01. The molecule has 2 heteroatoms. The van der Waals surface area contributed by atoms with Crippen LogP contribution >= 0.6 is 0 Å². The first kappa shape index (κ1) is 9.07. The molecule has 0 saturated carbocycles. The van der Waals surface area contributed by atoms with E-state index in [2.05, 4.69) is 5.73 Å². The molecule has 3 N–H and O–H groups in total. The predicted molar refractivity (Wildman–Crippen MR) is 48.8 cm³/mol. The van der Waals surface area contributed by atoms with Crippen LogP contribution in [-0.4, -0.2) is 6.10 Å². The van der Waals surface area contributed by atoms with Gasteiger partial charge in [-0.05, 0) is 38.1 Å². The third-order valence-corrected chi connectivity index (χ3v) is 1.58. The number of ether oxygens (including phenoxy) is 1. The van der Waals surface area contributed by atoms with Gasteiger partial charge in [0, 0.05) is 5.56 Å². The normalized spacial score (nSPS) is 10.3. The van der Waals surface area contributed by atoms with Crippen LogP contribution in [0.4, 0.5) is 0 Å². The molecular formula is C10H16NO+. The summed E-state index contributed by atoms with van der Waals surface area (Å²) in [6, 6.07) is 8.07. The molecular weight excluding hydrogens is 150 g/mol. The lowest BCUT2D eigenvalue weighted by Crippen LogP contribution is -2.47. The molecule has 0 saturated heterocycles. The Balaban J connectivity index is 2.65. The fourth-order valence-electron chi connectivity index (χ4n) is 1.01. The van der Waals surface area contributed by atoms with Gasteiger partial charge in [-0.1, -0.05) is 0 Å². The van der Waals surface area contributed by atoms with Gasteiger partial charge in [0.25, 0.3) is 0 Å². The second-order valence-electron chi connectivity index (χ2n) is 3.06. The maximum Gasteiger partial charge on any atom is 0.119 e. The summed E-state index contributed by atoms with van der Waals surface area (Å²) in [6.07, 6.45) is 0.246. The van der Waals surface area contributed by atoms with Crippen LogP contribution < -0.4 is 10.5 Å². The van der Waals surface area contributed by atoms with E-state index in [-0.39, 0.29) is 6.10 Å². The van der Waals surface area contributed by atoms with Crippen molar-refractivity contribution >= 4 is 0 Å². The Bertz CT molecular complexity index is 228. The summed E-state index contributed by atoms with van der Waals surface area (Å²) in [5, 5.41) is 0. The highest BCUT2D eigenvalue weighted by molar-refractivity contribution is 5.26. The van der Waals surface area contributed by atoms with Crippen LogP contribution in [0.3, 0.4) is 0 Å². The molecule has 0 bridgehead atoms. The van der Waals surface area contributed by atoms with Crippen LogP contribution in [0.1, 0.15) is 19.4 Å². The minimum Gasteiger partial charge on any atom is -0.491 e. The zero-order valence-corrected chi connectivity index (χ0v) is 7.71. The number of hydrogen-bond acceptors (Lipinski definition) is 1. The quantitative estimate of drug-likeness (QED) is 0.720. The predicted octanol–water partition coefficient (Wildman–Crippen LogP) is 1.22. The van der Waals surface area contributed by atoms with E-state index in [0.29, 0.717) is 0 Å². The van der Waals surface area contributed by atoms with Crippen molar-refractivity contribution in [2.45, 2.75) is 26.5 Å². The van der Waals surface area contributed by atoms with Crippen LogP contribution in [0.5, 0.6) is 5.75 Å². The summed E-state index contributed by atoms with van der Waals surface area (Å²) < 4.78 is 5.49. The first-order chi connectivity index (χ1) is 5.72. The van der Waals surface area contributed by atoms with Gasteiger partial charge in [-0.2, -0.15) is 0 Å². The van der Waals surface area contributed by atoms with E-state index in [0.717, 1.165) is 12.3 Å². The van der Waals surface area contributed by atoms with E-state index in [1.807, 2.05) is 38.1 Å². The van der Waals surface area contributed by atoms with Gasteiger partial charge >= 0.3 is 0 Å². The van der Waals surface area contributed by atoms with Crippen molar-refractivity contribution in [1.29, 1.82) is 0 Å². The average Bonchev–Trinajstić information content (AvgIpc) is 2.05. The van der Waals surface area contributed by atoms with Crippen molar-refractivity contribution in [2.75, 3.05) is 0 Å². The SMILES string of the molecule is CC(C)Oc1ccc(C[NH3+])cc1. The standard InChI is InChI=1S/C10H15NO/c1-8(2)12-10-5-3-9(7-11)4-6-10/h3-6,8H,7,11H2,1-2H3/p+1. The highest BCUT2D eigenvalue weighted by Crippen LogP contribution is 2.12. The van der Waals surface area contributed by atoms with Crippen molar-refractivity contribution in [3.05, 3.63) is 29.8 Å². The molecule has 1 aromatic carbocycles. The molecule has 0 heterocycles. The Morgan fingerprint density at radius 2 is 1.83 bits per heavy atom. The molecule has 0 aliphatic rings. The first-order valence-electron chi connectivity index (χ1n) is 4.27. The molecule has 0 aliphatic carbocycles. The summed E-state index contributed by atoms with van der Waals surface area (Å²) in [7, 11) is 0. The highest BCUT2D eigenvalue weighted by atomic mass is 16.5. The molecule has 12 heavy (non-hydrogen) atoms. The minimum absolute atomic E-state index is 0.246. The summed E-state index contributed by atoms with van der Waals surface area (Å²) in [5.74, 6) is 0.933. The van der Waals surface area contributed by atoms with E-state index in [9.17, 15) is 0 Å². The Labute approximate surface area is 73.3 Å². The molecule has 0 aliphatic heterocycles. The van der Waals surface area contributed by atoms with Crippen LogP contribution in [0.25, 0.3) is 0 Å². The zero-order valence-electron chi connectivity index (χ0n) is 7.71. The number of benzene rings is 1. The lowest BCUT2D eigenvalue weighted by Gasteiger charge is -2.09. The molecule has 0 unspecified atom stereocenters. The fraction of sp³-hybridized carbons (Fsp3) is 0.400. The van der Waals surface area contributed by atoms with Gasteiger partial charge in [-0.25, -0.2) is 0 Å². The van der Waals surface area contributed by atoms with Crippen molar-refractivity contribution in [1.82, 2.24) is 0 Å². The van der Waals surface area contributed by atoms with Crippen LogP contribution in [0, 0.1) is 0 Å². The van der Waals surface area contributed by atoms with E-state index in [4.69, 9.17) is 4.74 Å². The second kappa shape index (κ2) is 4.12. The third kappa shape index (κ3) is 2.55. The topological polar surface area (TPSA) is 36.9 Å². The van der Waals surface area contributed by atoms with E-state index in [1.165, 1.54) is 5.56 Å². The molecule has 2 nitrogen and oxygen atoms in total. The van der Waals surface area contributed by atoms with Crippen LogP contribution in [0.15, 0.2) is 24.3 Å². The van der Waals surface area contributed by atoms with Gasteiger partial charge in [0.1, 0.15) is 5.75 Å². The summed E-state index contributed by atoms with van der Waals surface area (Å²) in [4.78, 5) is 0. The van der Waals surface area contributed by atoms with Crippen molar-refractivity contribution in [3.8, 4) is 5.75 Å². The molecule has 0 atom stereocenters. The Morgan fingerprint density at radius 1 is 1.25 bits per heavy atom. The Morgan fingerprint density at radius 3 is 2.25 bits per heavy atom. The van der Waals surface area contributed by atoms with E-state index < -0.39 is 0 Å². The minimum atomic E-state index is 0.246. The third-order valence-electron chi connectivity index (χ3n) is 1.58. The Kier molecular flexibility index (Phi) is 3.11. The molecule has 0 amide bonds. The van der Waals surface area contributed by atoms with E-state index in [1.54, 1.807) is 0 Å². The van der Waals surface area contributed by atoms with Crippen LogP contribution in [0.2, 0.25) is 0 Å². The largest absolute Gasteiger partial charge is 0.491 e. The summed E-state index contributed by atoms with van der Waals surface area (Å²) in [5.41, 5.74) is 5.05. The maximum atomic E-state index is 5.49. The van der Waals surface area contributed by atoms with Crippen molar-refractivity contribution < 1.29 is 10.5 Å². The monoisotopic (exact) mass is 166 g/mol. The van der Waals surface area contributed by atoms with Gasteiger partial charge in [0.05, 0.1) is 12.6 Å². The molecule has 0 aromatic heterocycles. The van der Waals surface area contributed by atoms with Crippen molar-refractivity contribution in [3.63, 3.8) is 0 Å². The average molecular weight is 166 g/mol. The summed E-state index contributed by atoms with van der Waals surface area (Å²) in [6.45, 7) is 4.88. The lowest BCUT2D eigenvalue weighted by molar-refractivity contribution is -0.386. The lowest BCUT2D eigenvalue weighted by atomic mass is 10.2. The van der Waals surface area contributed by atoms with Crippen molar-refractivity contribution in [2.24, 2.45) is 0 Å². The summed E-state index contributed by atoms with van der Waals surface area (Å²) >= 11 is 0. The van der Waals surface area contributed by atoms with Gasteiger partial charge in [0.2, 0.25) is 0 Å². The highest BCUT2D eigenvalue weighted by Gasteiger charge is 1.96. The Hall–Kier alpha value is -1.02. The number of rotatable bonds is 3. The van der Waals surface area contributed by atoms with Crippen LogP contribution in [-0.2, 0) is 6.54 Å². The molecule has 0 spiro atoms. The molecule has 1 rings (SSSR count). The number of quaternary nitrogens is 1. The zero-order chi connectivity index (χ0) is 8.97. The van der Waals surface area contributed by atoms with E-state index >= 15 is 0 Å².